The third-order valence-corrected chi connectivity index (χ3v) is 6.14. The number of anilines is 1. The summed E-state index contributed by atoms with van der Waals surface area (Å²) in [7, 11) is -1.54. The van der Waals surface area contributed by atoms with Crippen molar-refractivity contribution in [2.45, 2.75) is 44.4 Å². The zero-order chi connectivity index (χ0) is 14.8. The first kappa shape index (κ1) is 15.3. The van der Waals surface area contributed by atoms with Crippen LogP contribution in [-0.4, -0.2) is 25.8 Å². The lowest BCUT2D eigenvalue weighted by atomic mass is 9.87. The van der Waals surface area contributed by atoms with Gasteiger partial charge in [-0.15, -0.1) is 0 Å². The molecular formula is C15H24N2O2S. The predicted octanol–water partition coefficient (Wildman–Crippen LogP) is 2.61. The smallest absolute Gasteiger partial charge is 0.218 e. The summed E-state index contributed by atoms with van der Waals surface area (Å²) >= 11 is 0. The Kier molecular flexibility index (Phi) is 4.70. The van der Waals surface area contributed by atoms with Gasteiger partial charge in [-0.3, -0.25) is 0 Å². The number of rotatable bonds is 4. The van der Waals surface area contributed by atoms with Gasteiger partial charge in [-0.1, -0.05) is 19.1 Å². The number of hydrogen-bond acceptors (Lipinski definition) is 3. The molecule has 2 N–H and O–H groups in total. The molecule has 0 aliphatic heterocycles. The molecule has 2 rings (SSSR count). The second-order valence-electron chi connectivity index (χ2n) is 5.93. The monoisotopic (exact) mass is 296 g/mol. The van der Waals surface area contributed by atoms with E-state index in [9.17, 15) is 8.42 Å². The van der Waals surface area contributed by atoms with E-state index in [0.29, 0.717) is 5.69 Å². The summed E-state index contributed by atoms with van der Waals surface area (Å²) in [6, 6.07) is 7.21. The van der Waals surface area contributed by atoms with Gasteiger partial charge in [0.2, 0.25) is 10.0 Å². The molecule has 0 bridgehead atoms. The minimum absolute atomic E-state index is 0.0514. The normalized spacial score (nSPS) is 23.9. The SMILES string of the molecule is CC1CCC(N(C)S(=O)(=O)Cc2ccc(N)cc2)CC1. The topological polar surface area (TPSA) is 63.4 Å². The lowest BCUT2D eigenvalue weighted by Gasteiger charge is -2.32. The first-order chi connectivity index (χ1) is 9.38. The Bertz CT molecular complexity index is 531. The second kappa shape index (κ2) is 6.14. The molecule has 0 spiro atoms. The van der Waals surface area contributed by atoms with Crippen molar-refractivity contribution in [3.05, 3.63) is 29.8 Å². The molecule has 1 aliphatic rings. The van der Waals surface area contributed by atoms with Crippen molar-refractivity contribution < 1.29 is 8.42 Å². The van der Waals surface area contributed by atoms with E-state index in [2.05, 4.69) is 6.92 Å². The number of hydrogen-bond donors (Lipinski definition) is 1. The number of nitrogens with zero attached hydrogens (tertiary/aromatic N) is 1. The summed E-state index contributed by atoms with van der Waals surface area (Å²) < 4.78 is 26.5. The fourth-order valence-corrected chi connectivity index (χ4v) is 4.24. The Labute approximate surface area is 122 Å². The quantitative estimate of drug-likeness (QED) is 0.869. The van der Waals surface area contributed by atoms with Crippen LogP contribution in [0.2, 0.25) is 0 Å². The molecule has 1 aromatic rings. The zero-order valence-corrected chi connectivity index (χ0v) is 13.1. The van der Waals surface area contributed by atoms with E-state index in [0.717, 1.165) is 37.2 Å². The van der Waals surface area contributed by atoms with Crippen molar-refractivity contribution in [2.24, 2.45) is 5.92 Å². The van der Waals surface area contributed by atoms with Gasteiger partial charge in [0.05, 0.1) is 5.75 Å². The summed E-state index contributed by atoms with van der Waals surface area (Å²) in [5.74, 6) is 0.773. The molecule has 0 atom stereocenters. The first-order valence-electron chi connectivity index (χ1n) is 7.18. The lowest BCUT2D eigenvalue weighted by Crippen LogP contribution is -2.39. The van der Waals surface area contributed by atoms with Crippen LogP contribution in [0.4, 0.5) is 5.69 Å². The minimum Gasteiger partial charge on any atom is -0.399 e. The average Bonchev–Trinajstić information content (AvgIpc) is 2.41. The molecule has 0 unspecified atom stereocenters. The van der Waals surface area contributed by atoms with Crippen molar-refractivity contribution in [1.82, 2.24) is 4.31 Å². The molecule has 112 valence electrons. The van der Waals surface area contributed by atoms with Gasteiger partial charge in [0, 0.05) is 18.8 Å². The molecule has 0 saturated heterocycles. The summed E-state index contributed by atoms with van der Waals surface area (Å²) in [5, 5.41) is 0. The van der Waals surface area contributed by atoms with Crippen LogP contribution < -0.4 is 5.73 Å². The highest BCUT2D eigenvalue weighted by Gasteiger charge is 2.29. The maximum Gasteiger partial charge on any atom is 0.218 e. The summed E-state index contributed by atoms with van der Waals surface area (Å²) in [4.78, 5) is 0. The van der Waals surface area contributed by atoms with Crippen LogP contribution in [0.15, 0.2) is 24.3 Å². The van der Waals surface area contributed by atoms with Crippen LogP contribution in [0.1, 0.15) is 38.2 Å². The third-order valence-electron chi connectivity index (χ3n) is 4.27. The van der Waals surface area contributed by atoms with Gasteiger partial charge in [-0.2, -0.15) is 0 Å². The van der Waals surface area contributed by atoms with Gasteiger partial charge >= 0.3 is 0 Å². The molecule has 4 nitrogen and oxygen atoms in total. The van der Waals surface area contributed by atoms with Crippen LogP contribution in [0, 0.1) is 5.92 Å². The van der Waals surface area contributed by atoms with Gasteiger partial charge in [0.15, 0.2) is 0 Å². The Morgan fingerprint density at radius 2 is 1.70 bits per heavy atom. The summed E-state index contributed by atoms with van der Waals surface area (Å²) in [5.41, 5.74) is 7.06. The van der Waals surface area contributed by atoms with Gasteiger partial charge in [0.25, 0.3) is 0 Å². The highest BCUT2D eigenvalue weighted by Crippen LogP contribution is 2.28. The van der Waals surface area contributed by atoms with E-state index < -0.39 is 10.0 Å². The Morgan fingerprint density at radius 3 is 2.25 bits per heavy atom. The van der Waals surface area contributed by atoms with Crippen molar-refractivity contribution >= 4 is 15.7 Å². The molecule has 20 heavy (non-hydrogen) atoms. The van der Waals surface area contributed by atoms with E-state index in [-0.39, 0.29) is 11.8 Å². The third kappa shape index (κ3) is 3.73. The minimum atomic E-state index is -3.25. The van der Waals surface area contributed by atoms with E-state index in [1.807, 2.05) is 0 Å². The zero-order valence-electron chi connectivity index (χ0n) is 12.2. The molecule has 1 aliphatic carbocycles. The summed E-state index contributed by atoms with van der Waals surface area (Å²) in [6.45, 7) is 2.24. The highest BCUT2D eigenvalue weighted by molar-refractivity contribution is 7.88. The van der Waals surface area contributed by atoms with Gasteiger partial charge in [0.1, 0.15) is 0 Å². The molecule has 0 amide bonds. The molecule has 0 aromatic heterocycles. The van der Waals surface area contributed by atoms with Crippen LogP contribution >= 0.6 is 0 Å². The maximum atomic E-state index is 12.5. The van der Waals surface area contributed by atoms with Crippen molar-refractivity contribution in [3.63, 3.8) is 0 Å². The Balaban J connectivity index is 2.04. The van der Waals surface area contributed by atoms with E-state index >= 15 is 0 Å². The highest BCUT2D eigenvalue weighted by atomic mass is 32.2. The van der Waals surface area contributed by atoms with Crippen LogP contribution in [0.3, 0.4) is 0 Å². The molecule has 1 aromatic carbocycles. The number of benzene rings is 1. The van der Waals surface area contributed by atoms with Crippen LogP contribution in [0.25, 0.3) is 0 Å². The fraction of sp³-hybridized carbons (Fsp3) is 0.600. The van der Waals surface area contributed by atoms with E-state index in [4.69, 9.17) is 5.73 Å². The lowest BCUT2D eigenvalue weighted by molar-refractivity contribution is 0.246. The molecule has 5 heteroatoms. The van der Waals surface area contributed by atoms with E-state index in [1.54, 1.807) is 35.6 Å². The molecule has 1 fully saturated rings. The van der Waals surface area contributed by atoms with Crippen molar-refractivity contribution in [2.75, 3.05) is 12.8 Å². The van der Waals surface area contributed by atoms with Crippen molar-refractivity contribution in [3.8, 4) is 0 Å². The van der Waals surface area contributed by atoms with E-state index in [1.165, 1.54) is 0 Å². The molecular weight excluding hydrogens is 272 g/mol. The van der Waals surface area contributed by atoms with Crippen LogP contribution in [0.5, 0.6) is 0 Å². The van der Waals surface area contributed by atoms with Gasteiger partial charge in [-0.25, -0.2) is 12.7 Å². The standard InChI is InChI=1S/C15H24N2O2S/c1-12-3-9-15(10-4-12)17(2)20(18,19)11-13-5-7-14(16)8-6-13/h5-8,12,15H,3-4,9-11,16H2,1-2H3. The number of nitrogens with two attached hydrogens (primary N) is 1. The Morgan fingerprint density at radius 1 is 1.15 bits per heavy atom. The Hall–Kier alpha value is -1.07. The van der Waals surface area contributed by atoms with Gasteiger partial charge < -0.3 is 5.73 Å². The number of sulfonamides is 1. The molecule has 0 radical (unpaired) electrons. The fourth-order valence-electron chi connectivity index (χ4n) is 2.76. The average molecular weight is 296 g/mol. The molecule has 0 heterocycles. The first-order valence-corrected chi connectivity index (χ1v) is 8.79. The van der Waals surface area contributed by atoms with Crippen molar-refractivity contribution in [1.29, 1.82) is 0 Å². The van der Waals surface area contributed by atoms with Crippen LogP contribution in [-0.2, 0) is 15.8 Å². The largest absolute Gasteiger partial charge is 0.399 e. The maximum absolute atomic E-state index is 12.5. The van der Waals surface area contributed by atoms with Gasteiger partial charge in [-0.05, 0) is 49.3 Å². The summed E-state index contributed by atoms with van der Waals surface area (Å²) in [6.07, 6.45) is 4.18. The number of nitrogen functional groups attached to an aromatic ring is 1. The second-order valence-corrected chi connectivity index (χ2v) is 7.96. The molecule has 1 saturated carbocycles. The predicted molar refractivity (Wildman–Crippen MR) is 82.7 cm³/mol.